The number of urea groups is 1. The molecule has 10 heteroatoms. The van der Waals surface area contributed by atoms with Gasteiger partial charge in [0.25, 0.3) is 5.91 Å². The predicted molar refractivity (Wildman–Crippen MR) is 116 cm³/mol. The summed E-state index contributed by atoms with van der Waals surface area (Å²) >= 11 is 6.33. The Bertz CT molecular complexity index is 1200. The van der Waals surface area contributed by atoms with Crippen molar-refractivity contribution in [2.24, 2.45) is 0 Å². The molecule has 0 N–H and O–H groups in total. The number of rotatable bonds is 5. The van der Waals surface area contributed by atoms with Crippen molar-refractivity contribution in [2.75, 3.05) is 4.90 Å². The number of hydrogen-bond acceptors (Lipinski definition) is 4. The van der Waals surface area contributed by atoms with Gasteiger partial charge >= 0.3 is 12.4 Å². The maximum Gasteiger partial charge on any atom is 0.573 e. The second-order valence-electron chi connectivity index (χ2n) is 7.31. The molecule has 0 bridgehead atoms. The van der Waals surface area contributed by atoms with Crippen molar-refractivity contribution in [3.8, 4) is 16.9 Å². The van der Waals surface area contributed by atoms with Crippen molar-refractivity contribution in [3.63, 3.8) is 0 Å². The van der Waals surface area contributed by atoms with E-state index in [0.29, 0.717) is 5.02 Å². The van der Waals surface area contributed by atoms with Crippen molar-refractivity contribution in [1.82, 2.24) is 9.88 Å². The summed E-state index contributed by atoms with van der Waals surface area (Å²) in [5.74, 6) is -0.936. The number of alkyl halides is 3. The standard InChI is InChI=1S/C23H17ClF3N3O3/c1-14-21(31)30(16-6-8-17(9-7-16)33-23(25,26)27)22(32)29(14)13-15-10-11-28-12-19(15)18-4-2-3-5-20(18)24/h2-12,14H,13H2,1H3. The molecule has 6 nitrogen and oxygen atoms in total. The van der Waals surface area contributed by atoms with E-state index in [-0.39, 0.29) is 12.2 Å². The lowest BCUT2D eigenvalue weighted by Gasteiger charge is -2.21. The number of anilines is 1. The van der Waals surface area contributed by atoms with Gasteiger partial charge in [0.05, 0.1) is 5.69 Å². The molecule has 1 aromatic heterocycles. The smallest absolute Gasteiger partial charge is 0.406 e. The van der Waals surface area contributed by atoms with Crippen LogP contribution in [0.3, 0.4) is 0 Å². The number of ether oxygens (including phenoxy) is 1. The molecule has 1 unspecified atom stereocenters. The fourth-order valence-electron chi connectivity index (χ4n) is 3.61. The molecule has 2 heterocycles. The number of aromatic nitrogens is 1. The minimum absolute atomic E-state index is 0.112. The van der Waals surface area contributed by atoms with E-state index in [0.717, 1.165) is 33.7 Å². The van der Waals surface area contributed by atoms with Crippen LogP contribution in [0, 0.1) is 0 Å². The molecule has 0 spiro atoms. The number of benzene rings is 2. The van der Waals surface area contributed by atoms with Gasteiger partial charge < -0.3 is 9.64 Å². The molecule has 0 aliphatic carbocycles. The Kier molecular flexibility index (Phi) is 5.99. The van der Waals surface area contributed by atoms with Crippen LogP contribution >= 0.6 is 11.6 Å². The van der Waals surface area contributed by atoms with Gasteiger partial charge in [0.2, 0.25) is 0 Å². The zero-order valence-corrected chi connectivity index (χ0v) is 18.0. The third kappa shape index (κ3) is 4.63. The molecule has 170 valence electrons. The second kappa shape index (κ2) is 8.74. The maximum absolute atomic E-state index is 13.1. The third-order valence-electron chi connectivity index (χ3n) is 5.23. The fourth-order valence-corrected chi connectivity index (χ4v) is 3.85. The third-order valence-corrected chi connectivity index (χ3v) is 5.56. The van der Waals surface area contributed by atoms with Crippen LogP contribution in [0.2, 0.25) is 5.02 Å². The van der Waals surface area contributed by atoms with Crippen LogP contribution in [0.5, 0.6) is 5.75 Å². The van der Waals surface area contributed by atoms with Crippen LogP contribution in [0.25, 0.3) is 11.1 Å². The van der Waals surface area contributed by atoms with Gasteiger partial charge in [-0.15, -0.1) is 13.2 Å². The number of carbonyl (C=O) groups is 2. The number of halogens is 4. The summed E-state index contributed by atoms with van der Waals surface area (Å²) in [6.45, 7) is 1.71. The molecule has 2 aromatic carbocycles. The van der Waals surface area contributed by atoms with Gasteiger partial charge in [-0.2, -0.15) is 0 Å². The zero-order chi connectivity index (χ0) is 23.8. The van der Waals surface area contributed by atoms with Crippen LogP contribution in [-0.4, -0.2) is 34.2 Å². The van der Waals surface area contributed by atoms with Crippen LogP contribution in [-0.2, 0) is 11.3 Å². The first-order valence-corrected chi connectivity index (χ1v) is 10.2. The molecule has 4 rings (SSSR count). The number of hydrogen-bond donors (Lipinski definition) is 0. The van der Waals surface area contributed by atoms with Crippen LogP contribution in [0.15, 0.2) is 67.0 Å². The summed E-state index contributed by atoms with van der Waals surface area (Å²) in [5.41, 5.74) is 2.35. The van der Waals surface area contributed by atoms with E-state index in [2.05, 4.69) is 9.72 Å². The highest BCUT2D eigenvalue weighted by atomic mass is 35.5. The Labute approximate surface area is 192 Å². The molecule has 1 saturated heterocycles. The number of carbonyl (C=O) groups excluding carboxylic acids is 2. The van der Waals surface area contributed by atoms with Gasteiger partial charge in [0, 0.05) is 35.1 Å². The normalized spacial score (nSPS) is 16.5. The molecule has 0 saturated carbocycles. The quantitative estimate of drug-likeness (QED) is 0.447. The van der Waals surface area contributed by atoms with E-state index in [9.17, 15) is 22.8 Å². The summed E-state index contributed by atoms with van der Waals surface area (Å²) < 4.78 is 41.0. The number of amides is 3. The van der Waals surface area contributed by atoms with Gasteiger partial charge in [-0.1, -0.05) is 29.8 Å². The molecule has 1 aliphatic rings. The summed E-state index contributed by atoms with van der Waals surface area (Å²) in [6.07, 6.45) is -1.61. The summed E-state index contributed by atoms with van der Waals surface area (Å²) in [6, 6.07) is 12.2. The Morgan fingerprint density at radius 3 is 2.39 bits per heavy atom. The average molecular weight is 476 g/mol. The molecule has 0 radical (unpaired) electrons. The molecule has 1 fully saturated rings. The summed E-state index contributed by atoms with van der Waals surface area (Å²) in [7, 11) is 0. The van der Waals surface area contributed by atoms with E-state index in [1.165, 1.54) is 17.0 Å². The Morgan fingerprint density at radius 1 is 1.03 bits per heavy atom. The highest BCUT2D eigenvalue weighted by Gasteiger charge is 2.43. The second-order valence-corrected chi connectivity index (χ2v) is 7.72. The summed E-state index contributed by atoms with van der Waals surface area (Å²) in [5, 5.41) is 0.520. The van der Waals surface area contributed by atoms with E-state index in [1.54, 1.807) is 37.5 Å². The Morgan fingerprint density at radius 2 is 1.73 bits per heavy atom. The Hall–Kier alpha value is -3.59. The number of imide groups is 1. The lowest BCUT2D eigenvalue weighted by Crippen LogP contribution is -2.33. The first-order chi connectivity index (χ1) is 15.7. The molecule has 33 heavy (non-hydrogen) atoms. The molecular formula is C23H17ClF3N3O3. The minimum Gasteiger partial charge on any atom is -0.406 e. The highest BCUT2D eigenvalue weighted by Crippen LogP contribution is 2.33. The predicted octanol–water partition coefficient (Wildman–Crippen LogP) is 5.66. The minimum atomic E-state index is -4.84. The molecular weight excluding hydrogens is 459 g/mol. The first kappa shape index (κ1) is 22.6. The average Bonchev–Trinajstić information content (AvgIpc) is 2.97. The molecule has 3 amide bonds. The van der Waals surface area contributed by atoms with Gasteiger partial charge in [0.15, 0.2) is 0 Å². The SMILES string of the molecule is CC1C(=O)N(c2ccc(OC(F)(F)F)cc2)C(=O)N1Cc1ccncc1-c1ccccc1Cl. The monoisotopic (exact) mass is 475 g/mol. The fraction of sp³-hybridized carbons (Fsp3) is 0.174. The maximum atomic E-state index is 13.1. The van der Waals surface area contributed by atoms with E-state index in [1.807, 2.05) is 12.1 Å². The topological polar surface area (TPSA) is 62.7 Å². The van der Waals surface area contributed by atoms with E-state index in [4.69, 9.17) is 11.6 Å². The zero-order valence-electron chi connectivity index (χ0n) is 17.2. The molecule has 3 aromatic rings. The lowest BCUT2D eigenvalue weighted by atomic mass is 10.0. The van der Waals surface area contributed by atoms with Crippen LogP contribution < -0.4 is 9.64 Å². The highest BCUT2D eigenvalue weighted by molar-refractivity contribution is 6.33. The van der Waals surface area contributed by atoms with Gasteiger partial charge in [-0.05, 0) is 48.9 Å². The largest absolute Gasteiger partial charge is 0.573 e. The van der Waals surface area contributed by atoms with Gasteiger partial charge in [-0.25, -0.2) is 9.69 Å². The van der Waals surface area contributed by atoms with Crippen molar-refractivity contribution in [2.45, 2.75) is 25.9 Å². The van der Waals surface area contributed by atoms with Crippen LogP contribution in [0.4, 0.5) is 23.7 Å². The van der Waals surface area contributed by atoms with Crippen molar-refractivity contribution in [3.05, 3.63) is 77.6 Å². The number of pyridine rings is 1. The van der Waals surface area contributed by atoms with Crippen molar-refractivity contribution in [1.29, 1.82) is 0 Å². The lowest BCUT2D eigenvalue weighted by molar-refractivity contribution is -0.274. The van der Waals surface area contributed by atoms with E-state index >= 15 is 0 Å². The van der Waals surface area contributed by atoms with E-state index < -0.39 is 30.1 Å². The number of nitrogens with zero attached hydrogens (tertiary/aromatic N) is 3. The van der Waals surface area contributed by atoms with Crippen molar-refractivity contribution >= 4 is 29.2 Å². The van der Waals surface area contributed by atoms with Crippen LogP contribution in [0.1, 0.15) is 12.5 Å². The summed E-state index contributed by atoms with van der Waals surface area (Å²) in [4.78, 5) is 32.5. The van der Waals surface area contributed by atoms with Crippen molar-refractivity contribution < 1.29 is 27.5 Å². The first-order valence-electron chi connectivity index (χ1n) is 9.84. The molecule has 1 atom stereocenters. The Balaban J connectivity index is 1.60. The van der Waals surface area contributed by atoms with Gasteiger partial charge in [0.1, 0.15) is 11.8 Å². The molecule has 1 aliphatic heterocycles. The van der Waals surface area contributed by atoms with Gasteiger partial charge in [-0.3, -0.25) is 9.78 Å².